The van der Waals surface area contributed by atoms with Gasteiger partial charge in [0.2, 0.25) is 0 Å². The second-order valence-electron chi connectivity index (χ2n) is 6.29. The molecular weight excluding hydrogens is 268 g/mol. The molecule has 2 rings (SSSR count). The van der Waals surface area contributed by atoms with Crippen LogP contribution in [0.5, 0.6) is 0 Å². The molecular formula is C15H30N4S. The van der Waals surface area contributed by atoms with E-state index in [2.05, 4.69) is 49.0 Å². The van der Waals surface area contributed by atoms with Crippen molar-refractivity contribution in [2.45, 2.75) is 76.8 Å². The van der Waals surface area contributed by atoms with Crippen molar-refractivity contribution in [2.24, 2.45) is 0 Å². The molecule has 2 atom stereocenters. The van der Waals surface area contributed by atoms with E-state index in [9.17, 15) is 0 Å². The zero-order valence-electron chi connectivity index (χ0n) is 13.3. The molecule has 0 aromatic carbocycles. The molecule has 2 unspecified atom stereocenters. The van der Waals surface area contributed by atoms with E-state index in [4.69, 9.17) is 12.2 Å². The Kier molecular flexibility index (Phi) is 5.19. The third-order valence-electron chi connectivity index (χ3n) is 5.47. The first kappa shape index (κ1) is 16.3. The summed E-state index contributed by atoms with van der Waals surface area (Å²) in [5.41, 5.74) is 0.417. The smallest absolute Gasteiger partial charge is 0.0934 e. The molecule has 0 aromatic heterocycles. The van der Waals surface area contributed by atoms with Gasteiger partial charge in [0.25, 0.3) is 0 Å². The van der Waals surface area contributed by atoms with Crippen molar-refractivity contribution >= 4 is 17.1 Å². The summed E-state index contributed by atoms with van der Waals surface area (Å²) in [4.78, 5) is 1.03. The van der Waals surface area contributed by atoms with Crippen LogP contribution in [0.1, 0.15) is 53.4 Å². The van der Waals surface area contributed by atoms with E-state index in [1.165, 1.54) is 0 Å². The third kappa shape index (κ3) is 2.92. The predicted octanol–water partition coefficient (Wildman–Crippen LogP) is 1.51. The summed E-state index contributed by atoms with van der Waals surface area (Å²) in [6, 6.07) is 0. The molecule has 20 heavy (non-hydrogen) atoms. The molecule has 0 amide bonds. The molecule has 4 N–H and O–H groups in total. The molecule has 0 aliphatic carbocycles. The Bertz CT molecular complexity index is 318. The zero-order chi connectivity index (χ0) is 14.8. The van der Waals surface area contributed by atoms with Crippen LogP contribution in [0.25, 0.3) is 0 Å². The molecule has 0 aromatic rings. The van der Waals surface area contributed by atoms with E-state index in [-0.39, 0.29) is 23.4 Å². The van der Waals surface area contributed by atoms with Crippen molar-refractivity contribution < 1.29 is 0 Å². The Morgan fingerprint density at radius 3 is 1.45 bits per heavy atom. The molecule has 0 spiro atoms. The first-order valence-electron chi connectivity index (χ1n) is 8.09. The highest BCUT2D eigenvalue weighted by Gasteiger charge is 2.42. The quantitative estimate of drug-likeness (QED) is 0.560. The number of hydrogen-bond donors (Lipinski definition) is 4. The average molecular weight is 298 g/mol. The minimum absolute atomic E-state index is 0.138. The van der Waals surface area contributed by atoms with Crippen molar-refractivity contribution in [1.29, 1.82) is 0 Å². The molecule has 2 saturated heterocycles. The highest BCUT2D eigenvalue weighted by Crippen LogP contribution is 2.23. The normalized spacial score (nSPS) is 31.6. The summed E-state index contributed by atoms with van der Waals surface area (Å²) in [6.07, 6.45) is 4.81. The third-order valence-corrected chi connectivity index (χ3v) is 5.94. The Hall–Kier alpha value is -0.0700. The Morgan fingerprint density at radius 2 is 1.20 bits per heavy atom. The molecule has 2 heterocycles. The molecule has 0 radical (unpaired) electrons. The zero-order valence-corrected chi connectivity index (χ0v) is 14.1. The highest BCUT2D eigenvalue weighted by atomic mass is 32.1. The largest absolute Gasteiger partial charge is 0.296 e. The molecule has 0 bridgehead atoms. The lowest BCUT2D eigenvalue weighted by Gasteiger charge is -2.29. The summed E-state index contributed by atoms with van der Waals surface area (Å²) in [6.45, 7) is 11.0. The van der Waals surface area contributed by atoms with E-state index >= 15 is 0 Å². The fourth-order valence-electron chi connectivity index (χ4n) is 3.33. The number of thiocarbonyl (C=S) groups is 1. The van der Waals surface area contributed by atoms with Gasteiger partial charge >= 0.3 is 0 Å². The van der Waals surface area contributed by atoms with Gasteiger partial charge in [-0.1, -0.05) is 39.9 Å². The molecule has 0 saturated carbocycles. The van der Waals surface area contributed by atoms with E-state index in [1.807, 2.05) is 0 Å². The summed E-state index contributed by atoms with van der Waals surface area (Å²) >= 11 is 5.72. The number of nitrogens with one attached hydrogen (secondary N) is 4. The first-order valence-corrected chi connectivity index (χ1v) is 8.50. The Labute approximate surface area is 128 Å². The van der Waals surface area contributed by atoms with Crippen molar-refractivity contribution in [3.63, 3.8) is 0 Å². The Balaban J connectivity index is 1.97. The first-order chi connectivity index (χ1) is 9.53. The van der Waals surface area contributed by atoms with Crippen LogP contribution >= 0.6 is 12.2 Å². The van der Waals surface area contributed by atoms with E-state index < -0.39 is 0 Å². The maximum absolute atomic E-state index is 5.72. The van der Waals surface area contributed by atoms with Gasteiger partial charge in [-0.2, -0.15) is 0 Å². The van der Waals surface area contributed by atoms with Crippen LogP contribution < -0.4 is 21.3 Å². The molecule has 2 fully saturated rings. The van der Waals surface area contributed by atoms with Crippen LogP contribution in [0.2, 0.25) is 0 Å². The summed E-state index contributed by atoms with van der Waals surface area (Å²) in [7, 11) is 0. The SMILES string of the molecule is CCC1(CC)CNC(C(=S)C2NCC(CC)(CC)N2)N1. The van der Waals surface area contributed by atoms with Gasteiger partial charge in [-0.15, -0.1) is 0 Å². The van der Waals surface area contributed by atoms with Crippen molar-refractivity contribution in [3.8, 4) is 0 Å². The lowest BCUT2D eigenvalue weighted by atomic mass is 9.94. The molecule has 5 heteroatoms. The van der Waals surface area contributed by atoms with E-state index in [1.54, 1.807) is 0 Å². The van der Waals surface area contributed by atoms with Crippen LogP contribution in [0.3, 0.4) is 0 Å². The highest BCUT2D eigenvalue weighted by molar-refractivity contribution is 7.80. The van der Waals surface area contributed by atoms with Crippen LogP contribution in [0.15, 0.2) is 0 Å². The topological polar surface area (TPSA) is 48.1 Å². The fraction of sp³-hybridized carbons (Fsp3) is 0.933. The lowest BCUT2D eigenvalue weighted by Crippen LogP contribution is -2.55. The predicted molar refractivity (Wildman–Crippen MR) is 89.1 cm³/mol. The van der Waals surface area contributed by atoms with Crippen LogP contribution in [0, 0.1) is 0 Å². The van der Waals surface area contributed by atoms with E-state index in [0.29, 0.717) is 0 Å². The van der Waals surface area contributed by atoms with Crippen LogP contribution in [-0.4, -0.2) is 41.4 Å². The van der Waals surface area contributed by atoms with Gasteiger partial charge in [0.1, 0.15) is 0 Å². The van der Waals surface area contributed by atoms with Gasteiger partial charge in [-0.25, -0.2) is 0 Å². The van der Waals surface area contributed by atoms with Crippen LogP contribution in [0.4, 0.5) is 0 Å². The van der Waals surface area contributed by atoms with E-state index in [0.717, 1.165) is 43.6 Å². The molecule has 2 aliphatic heterocycles. The van der Waals surface area contributed by atoms with Crippen molar-refractivity contribution in [3.05, 3.63) is 0 Å². The van der Waals surface area contributed by atoms with Gasteiger partial charge in [0.05, 0.1) is 17.2 Å². The second kappa shape index (κ2) is 6.36. The minimum Gasteiger partial charge on any atom is -0.296 e. The maximum Gasteiger partial charge on any atom is 0.0934 e. The standard InChI is InChI=1S/C15H30N4S/c1-5-14(6-2)9-16-12(18-14)11(20)13-17-10-15(7-3,8-4)19-13/h12-13,16-19H,5-10H2,1-4H3. The molecule has 2 aliphatic rings. The minimum atomic E-state index is 0.138. The second-order valence-corrected chi connectivity index (χ2v) is 6.77. The van der Waals surface area contributed by atoms with Gasteiger partial charge in [-0.3, -0.25) is 21.3 Å². The number of rotatable bonds is 6. The van der Waals surface area contributed by atoms with Crippen molar-refractivity contribution in [1.82, 2.24) is 21.3 Å². The Morgan fingerprint density at radius 1 is 0.850 bits per heavy atom. The maximum atomic E-state index is 5.72. The summed E-state index contributed by atoms with van der Waals surface area (Å²) < 4.78 is 0. The molecule has 4 nitrogen and oxygen atoms in total. The average Bonchev–Trinajstić information content (AvgIpc) is 3.12. The van der Waals surface area contributed by atoms with Gasteiger partial charge in [0.15, 0.2) is 0 Å². The van der Waals surface area contributed by atoms with Gasteiger partial charge < -0.3 is 0 Å². The molecule has 116 valence electrons. The van der Waals surface area contributed by atoms with Gasteiger partial charge in [-0.05, 0) is 25.7 Å². The van der Waals surface area contributed by atoms with Crippen LogP contribution in [-0.2, 0) is 0 Å². The summed E-state index contributed by atoms with van der Waals surface area (Å²) in [5.74, 6) is 0. The van der Waals surface area contributed by atoms with Gasteiger partial charge in [0, 0.05) is 24.2 Å². The van der Waals surface area contributed by atoms with Crippen molar-refractivity contribution in [2.75, 3.05) is 13.1 Å². The fourth-order valence-corrected chi connectivity index (χ4v) is 3.61. The lowest BCUT2D eigenvalue weighted by molar-refractivity contribution is 0.357. The summed E-state index contributed by atoms with van der Waals surface area (Å²) in [5, 5.41) is 14.5. The number of hydrogen-bond acceptors (Lipinski definition) is 5. The monoisotopic (exact) mass is 298 g/mol.